The van der Waals surface area contributed by atoms with E-state index in [9.17, 15) is 8.42 Å². The van der Waals surface area contributed by atoms with Crippen molar-refractivity contribution in [3.05, 3.63) is 42.4 Å². The van der Waals surface area contributed by atoms with E-state index in [0.29, 0.717) is 5.69 Å². The van der Waals surface area contributed by atoms with Crippen molar-refractivity contribution < 1.29 is 8.42 Å². The van der Waals surface area contributed by atoms with Gasteiger partial charge in [0, 0.05) is 25.0 Å². The van der Waals surface area contributed by atoms with Gasteiger partial charge in [-0.3, -0.25) is 4.72 Å². The van der Waals surface area contributed by atoms with Crippen LogP contribution in [0.15, 0.2) is 41.8 Å². The molecular weight excluding hydrogens is 276 g/mol. The monoisotopic (exact) mass is 294 g/mol. The highest BCUT2D eigenvalue weighted by molar-refractivity contribution is 7.92. The highest BCUT2D eigenvalue weighted by atomic mass is 32.2. The van der Waals surface area contributed by atoms with Crippen molar-refractivity contribution in [1.29, 1.82) is 0 Å². The fraction of sp³-hybridized carbons (Fsp3) is 0.308. The lowest BCUT2D eigenvalue weighted by Crippen LogP contribution is -2.14. The number of rotatable bonds is 5. The third kappa shape index (κ3) is 3.17. The van der Waals surface area contributed by atoms with Crippen LogP contribution in [0.4, 0.5) is 5.69 Å². The van der Waals surface area contributed by atoms with Crippen molar-refractivity contribution in [1.82, 2.24) is 14.9 Å². The highest BCUT2D eigenvalue weighted by Gasteiger charge is 2.17. The molecule has 108 valence electrons. The van der Waals surface area contributed by atoms with Gasteiger partial charge in [-0.15, -0.1) is 0 Å². The number of aromatic nitrogens is 2. The molecule has 1 atom stereocenters. The van der Waals surface area contributed by atoms with Crippen LogP contribution in [0.2, 0.25) is 0 Å². The van der Waals surface area contributed by atoms with Gasteiger partial charge < -0.3 is 9.88 Å². The predicted octanol–water partition coefficient (Wildman–Crippen LogP) is 1.50. The van der Waals surface area contributed by atoms with E-state index in [1.807, 2.05) is 26.1 Å². The summed E-state index contributed by atoms with van der Waals surface area (Å²) in [6, 6.07) is 7.47. The molecule has 6 nitrogen and oxygen atoms in total. The summed E-state index contributed by atoms with van der Waals surface area (Å²) >= 11 is 0. The molecule has 1 aromatic heterocycles. The van der Waals surface area contributed by atoms with E-state index >= 15 is 0 Å². The summed E-state index contributed by atoms with van der Waals surface area (Å²) in [4.78, 5) is 3.85. The Morgan fingerprint density at radius 1 is 1.25 bits per heavy atom. The maximum absolute atomic E-state index is 12.1. The highest BCUT2D eigenvalue weighted by Crippen LogP contribution is 2.18. The lowest BCUT2D eigenvalue weighted by Gasteiger charge is -2.11. The number of benzene rings is 1. The summed E-state index contributed by atoms with van der Waals surface area (Å²) in [5, 5.41) is 3.13. The first-order chi connectivity index (χ1) is 9.42. The third-order valence-electron chi connectivity index (χ3n) is 3.05. The average Bonchev–Trinajstić information content (AvgIpc) is 2.86. The molecule has 0 fully saturated rings. The number of anilines is 1. The predicted molar refractivity (Wildman–Crippen MR) is 77.9 cm³/mol. The number of nitrogens with zero attached hydrogens (tertiary/aromatic N) is 2. The quantitative estimate of drug-likeness (QED) is 0.876. The third-order valence-corrected chi connectivity index (χ3v) is 4.32. The standard InChI is InChI=1S/C13H18N4O2S/c1-10(14-2)11-4-6-12(7-5-11)16-20(18,19)13-8-17(3)9-15-13/h4-10,14,16H,1-3H3. The normalized spacial score (nSPS) is 13.2. The molecule has 1 aromatic carbocycles. The largest absolute Gasteiger partial charge is 0.339 e. The number of hydrogen-bond acceptors (Lipinski definition) is 4. The van der Waals surface area contributed by atoms with Gasteiger partial charge in [0.2, 0.25) is 0 Å². The van der Waals surface area contributed by atoms with Gasteiger partial charge >= 0.3 is 0 Å². The molecule has 0 saturated carbocycles. The van der Waals surface area contributed by atoms with Gasteiger partial charge in [0.1, 0.15) is 0 Å². The van der Waals surface area contributed by atoms with Crippen molar-refractivity contribution in [3.63, 3.8) is 0 Å². The molecule has 7 heteroatoms. The molecule has 0 aliphatic rings. The van der Waals surface area contributed by atoms with Crippen LogP contribution in [0, 0.1) is 0 Å². The molecule has 2 N–H and O–H groups in total. The number of sulfonamides is 1. The van der Waals surface area contributed by atoms with Gasteiger partial charge in [-0.2, -0.15) is 8.42 Å². The van der Waals surface area contributed by atoms with Crippen LogP contribution in [-0.4, -0.2) is 25.0 Å². The maximum Gasteiger partial charge on any atom is 0.280 e. The van der Waals surface area contributed by atoms with Crippen LogP contribution < -0.4 is 10.0 Å². The minimum atomic E-state index is -3.63. The number of imidazole rings is 1. The smallest absolute Gasteiger partial charge is 0.280 e. The first-order valence-corrected chi connectivity index (χ1v) is 7.68. The molecule has 1 heterocycles. The Kier molecular flexibility index (Phi) is 4.10. The Labute approximate surface area is 118 Å². The molecule has 0 bridgehead atoms. The summed E-state index contributed by atoms with van der Waals surface area (Å²) in [5.74, 6) is 0. The Morgan fingerprint density at radius 2 is 1.90 bits per heavy atom. The molecule has 2 aromatic rings. The fourth-order valence-electron chi connectivity index (χ4n) is 1.74. The first kappa shape index (κ1) is 14.5. The Morgan fingerprint density at radius 3 is 2.40 bits per heavy atom. The zero-order valence-corrected chi connectivity index (χ0v) is 12.5. The van der Waals surface area contributed by atoms with Gasteiger partial charge in [0.25, 0.3) is 10.0 Å². The molecule has 0 amide bonds. The lowest BCUT2D eigenvalue weighted by atomic mass is 10.1. The molecule has 0 aliphatic carbocycles. The van der Waals surface area contributed by atoms with Gasteiger partial charge in [-0.05, 0) is 31.7 Å². The maximum atomic E-state index is 12.1. The summed E-state index contributed by atoms with van der Waals surface area (Å²) < 4.78 is 28.3. The molecule has 2 rings (SSSR count). The van der Waals surface area contributed by atoms with E-state index in [-0.39, 0.29) is 11.1 Å². The second kappa shape index (κ2) is 5.64. The first-order valence-electron chi connectivity index (χ1n) is 6.20. The van der Waals surface area contributed by atoms with Crippen molar-refractivity contribution in [3.8, 4) is 0 Å². The summed E-state index contributed by atoms with van der Waals surface area (Å²) in [7, 11) is -0.0292. The van der Waals surface area contributed by atoms with Crippen LogP contribution in [0.25, 0.3) is 0 Å². The molecular formula is C13H18N4O2S. The molecule has 1 unspecified atom stereocenters. The SMILES string of the molecule is CNC(C)c1ccc(NS(=O)(=O)c2cn(C)cn2)cc1. The number of nitrogens with one attached hydrogen (secondary N) is 2. The molecule has 0 radical (unpaired) electrons. The van der Waals surface area contributed by atoms with E-state index in [0.717, 1.165) is 5.56 Å². The second-order valence-corrected chi connectivity index (χ2v) is 6.24. The Bertz CT molecular complexity index is 677. The van der Waals surface area contributed by atoms with Crippen molar-refractivity contribution in [2.45, 2.75) is 18.0 Å². The average molecular weight is 294 g/mol. The van der Waals surface area contributed by atoms with E-state index in [1.54, 1.807) is 23.7 Å². The van der Waals surface area contributed by atoms with E-state index < -0.39 is 10.0 Å². The summed E-state index contributed by atoms with van der Waals surface area (Å²) in [5.41, 5.74) is 1.61. The zero-order valence-electron chi connectivity index (χ0n) is 11.7. The second-order valence-electron chi connectivity index (χ2n) is 4.62. The Hall–Kier alpha value is -1.86. The molecule has 0 spiro atoms. The number of aryl methyl sites for hydroxylation is 1. The van der Waals surface area contributed by atoms with E-state index in [1.165, 1.54) is 12.5 Å². The lowest BCUT2D eigenvalue weighted by molar-refractivity contribution is 0.598. The van der Waals surface area contributed by atoms with E-state index in [4.69, 9.17) is 0 Å². The van der Waals surface area contributed by atoms with Crippen molar-refractivity contribution in [2.75, 3.05) is 11.8 Å². The minimum Gasteiger partial charge on any atom is -0.339 e. The van der Waals surface area contributed by atoms with Gasteiger partial charge in [-0.1, -0.05) is 12.1 Å². The van der Waals surface area contributed by atoms with Crippen molar-refractivity contribution >= 4 is 15.7 Å². The van der Waals surface area contributed by atoms with E-state index in [2.05, 4.69) is 15.0 Å². The van der Waals surface area contributed by atoms with Gasteiger partial charge in [-0.25, -0.2) is 4.98 Å². The van der Waals surface area contributed by atoms with Gasteiger partial charge in [0.05, 0.1) is 6.33 Å². The van der Waals surface area contributed by atoms with Crippen LogP contribution in [0.1, 0.15) is 18.5 Å². The summed E-state index contributed by atoms with van der Waals surface area (Å²) in [6.07, 6.45) is 2.91. The van der Waals surface area contributed by atoms with Crippen LogP contribution >= 0.6 is 0 Å². The molecule has 20 heavy (non-hydrogen) atoms. The van der Waals surface area contributed by atoms with Crippen molar-refractivity contribution in [2.24, 2.45) is 7.05 Å². The minimum absolute atomic E-state index is 0.00710. The topological polar surface area (TPSA) is 76.0 Å². The van der Waals surface area contributed by atoms with Crippen LogP contribution in [0.5, 0.6) is 0 Å². The summed E-state index contributed by atoms with van der Waals surface area (Å²) in [6.45, 7) is 2.03. The Balaban J connectivity index is 2.18. The fourth-order valence-corrected chi connectivity index (χ4v) is 2.78. The number of hydrogen-bond donors (Lipinski definition) is 2. The van der Waals surface area contributed by atoms with Crippen LogP contribution in [-0.2, 0) is 17.1 Å². The van der Waals surface area contributed by atoms with Crippen LogP contribution in [0.3, 0.4) is 0 Å². The zero-order chi connectivity index (χ0) is 14.8. The molecule has 0 saturated heterocycles. The molecule has 0 aliphatic heterocycles. The van der Waals surface area contributed by atoms with Gasteiger partial charge in [0.15, 0.2) is 5.03 Å².